The number of nitrogens with zero attached hydrogens (tertiary/aromatic N) is 3. The maximum absolute atomic E-state index is 11.9. The van der Waals surface area contributed by atoms with Crippen LogP contribution in [0, 0.1) is 0 Å². The van der Waals surface area contributed by atoms with Crippen LogP contribution in [0.1, 0.15) is 24.8 Å². The number of carbonyl (C=O) groups is 1. The van der Waals surface area contributed by atoms with E-state index in [-0.39, 0.29) is 12.5 Å². The number of rotatable bonds is 11. The SMILES string of the molecule is COc1ccc(CNCCN2CCCCC2=O)c(OCC(O)CN2CCN(C)CC2)c1. The Labute approximate surface area is 186 Å². The average Bonchev–Trinajstić information content (AvgIpc) is 2.78. The molecule has 1 atom stereocenters. The maximum Gasteiger partial charge on any atom is 0.222 e. The third kappa shape index (κ3) is 7.64. The molecule has 31 heavy (non-hydrogen) atoms. The van der Waals surface area contributed by atoms with E-state index in [1.165, 1.54) is 0 Å². The minimum Gasteiger partial charge on any atom is -0.497 e. The molecule has 2 aliphatic rings. The van der Waals surface area contributed by atoms with E-state index in [2.05, 4.69) is 22.2 Å². The van der Waals surface area contributed by atoms with Crippen LogP contribution in [0.2, 0.25) is 0 Å². The highest BCUT2D eigenvalue weighted by Crippen LogP contribution is 2.25. The molecular formula is C23H38N4O4. The van der Waals surface area contributed by atoms with E-state index in [0.717, 1.165) is 75.7 Å². The van der Waals surface area contributed by atoms with Crippen LogP contribution in [0.3, 0.4) is 0 Å². The average molecular weight is 435 g/mol. The zero-order chi connectivity index (χ0) is 22.1. The van der Waals surface area contributed by atoms with Crippen LogP contribution in [-0.2, 0) is 11.3 Å². The van der Waals surface area contributed by atoms with Crippen molar-refractivity contribution in [3.8, 4) is 11.5 Å². The zero-order valence-corrected chi connectivity index (χ0v) is 19.0. The minimum atomic E-state index is -0.541. The number of likely N-dealkylation sites (tertiary alicyclic amines) is 1. The molecule has 0 saturated carbocycles. The van der Waals surface area contributed by atoms with E-state index in [4.69, 9.17) is 9.47 Å². The van der Waals surface area contributed by atoms with Gasteiger partial charge < -0.3 is 29.7 Å². The Bertz CT molecular complexity index is 694. The molecular weight excluding hydrogens is 396 g/mol. The fourth-order valence-electron chi connectivity index (χ4n) is 4.04. The molecule has 2 saturated heterocycles. The van der Waals surface area contributed by atoms with Gasteiger partial charge in [0.15, 0.2) is 0 Å². The number of ether oxygens (including phenoxy) is 2. The van der Waals surface area contributed by atoms with Gasteiger partial charge in [-0.1, -0.05) is 6.07 Å². The summed E-state index contributed by atoms with van der Waals surface area (Å²) >= 11 is 0. The predicted octanol–water partition coefficient (Wildman–Crippen LogP) is 0.784. The molecule has 2 fully saturated rings. The molecule has 2 heterocycles. The van der Waals surface area contributed by atoms with Crippen LogP contribution >= 0.6 is 0 Å². The van der Waals surface area contributed by atoms with Crippen LogP contribution in [0.25, 0.3) is 0 Å². The van der Waals surface area contributed by atoms with Crippen LogP contribution in [0.4, 0.5) is 0 Å². The number of aliphatic hydroxyl groups is 1. The van der Waals surface area contributed by atoms with Gasteiger partial charge in [-0.15, -0.1) is 0 Å². The van der Waals surface area contributed by atoms with Crippen LogP contribution in [-0.4, -0.2) is 105 Å². The van der Waals surface area contributed by atoms with Crippen molar-refractivity contribution in [3.63, 3.8) is 0 Å². The Morgan fingerprint density at radius 2 is 1.97 bits per heavy atom. The van der Waals surface area contributed by atoms with Gasteiger partial charge in [0.25, 0.3) is 0 Å². The molecule has 2 N–H and O–H groups in total. The second-order valence-electron chi connectivity index (χ2n) is 8.56. The summed E-state index contributed by atoms with van der Waals surface area (Å²) in [6.45, 7) is 7.84. The second-order valence-corrected chi connectivity index (χ2v) is 8.56. The van der Waals surface area contributed by atoms with Crippen molar-refractivity contribution in [2.45, 2.75) is 31.9 Å². The summed E-state index contributed by atoms with van der Waals surface area (Å²) in [5.74, 6) is 1.71. The highest BCUT2D eigenvalue weighted by Gasteiger charge is 2.19. The number of methoxy groups -OCH3 is 1. The summed E-state index contributed by atoms with van der Waals surface area (Å²) in [6.07, 6.45) is 2.24. The second kappa shape index (κ2) is 12.2. The number of hydrogen-bond donors (Lipinski definition) is 2. The Kier molecular flexibility index (Phi) is 9.39. The van der Waals surface area contributed by atoms with Gasteiger partial charge in [-0.25, -0.2) is 0 Å². The van der Waals surface area contributed by atoms with Crippen molar-refractivity contribution in [2.24, 2.45) is 0 Å². The van der Waals surface area contributed by atoms with E-state index < -0.39 is 6.10 Å². The van der Waals surface area contributed by atoms with Crippen LogP contribution in [0.5, 0.6) is 11.5 Å². The lowest BCUT2D eigenvalue weighted by molar-refractivity contribution is -0.133. The molecule has 2 aliphatic heterocycles. The maximum atomic E-state index is 11.9. The Balaban J connectivity index is 1.46. The van der Waals surface area contributed by atoms with Gasteiger partial charge in [-0.2, -0.15) is 0 Å². The first-order valence-electron chi connectivity index (χ1n) is 11.4. The molecule has 0 aliphatic carbocycles. The number of nitrogens with one attached hydrogen (secondary N) is 1. The quantitative estimate of drug-likeness (QED) is 0.499. The van der Waals surface area contributed by atoms with E-state index in [9.17, 15) is 9.90 Å². The molecule has 3 rings (SSSR count). The zero-order valence-electron chi connectivity index (χ0n) is 19.0. The molecule has 8 nitrogen and oxygen atoms in total. The Morgan fingerprint density at radius 1 is 1.16 bits per heavy atom. The predicted molar refractivity (Wildman–Crippen MR) is 121 cm³/mol. The topological polar surface area (TPSA) is 77.5 Å². The minimum absolute atomic E-state index is 0.245. The van der Waals surface area contributed by atoms with E-state index in [0.29, 0.717) is 19.5 Å². The van der Waals surface area contributed by atoms with Crippen LogP contribution < -0.4 is 14.8 Å². The number of hydrogen-bond acceptors (Lipinski definition) is 7. The lowest BCUT2D eigenvalue weighted by Crippen LogP contribution is -2.47. The lowest BCUT2D eigenvalue weighted by Gasteiger charge is -2.33. The van der Waals surface area contributed by atoms with E-state index in [1.54, 1.807) is 7.11 Å². The van der Waals surface area contributed by atoms with Gasteiger partial charge in [0.05, 0.1) is 7.11 Å². The largest absolute Gasteiger partial charge is 0.497 e. The normalized spacial score (nSPS) is 19.5. The van der Waals surface area contributed by atoms with Crippen LogP contribution in [0.15, 0.2) is 18.2 Å². The van der Waals surface area contributed by atoms with Gasteiger partial charge in [0, 0.05) is 77.0 Å². The molecule has 174 valence electrons. The van der Waals surface area contributed by atoms with E-state index >= 15 is 0 Å². The summed E-state index contributed by atoms with van der Waals surface area (Å²) in [6, 6.07) is 5.77. The summed E-state index contributed by atoms with van der Waals surface area (Å²) in [4.78, 5) is 18.5. The molecule has 0 bridgehead atoms. The van der Waals surface area contributed by atoms with Gasteiger partial charge in [0.2, 0.25) is 5.91 Å². The smallest absolute Gasteiger partial charge is 0.222 e. The fourth-order valence-corrected chi connectivity index (χ4v) is 4.04. The molecule has 0 spiro atoms. The van der Waals surface area contributed by atoms with Crippen molar-refractivity contribution in [2.75, 3.05) is 73.1 Å². The van der Waals surface area contributed by atoms with Gasteiger partial charge in [-0.05, 0) is 26.0 Å². The fraction of sp³-hybridized carbons (Fsp3) is 0.696. The molecule has 1 aromatic rings. The number of β-amino-alcohol motifs (C(OH)–C–C–N with tert-alkyl or cyclic N) is 1. The first-order valence-corrected chi connectivity index (χ1v) is 11.4. The number of piperazine rings is 1. The Hall–Kier alpha value is -1.87. The van der Waals surface area contributed by atoms with Crippen molar-refractivity contribution < 1.29 is 19.4 Å². The van der Waals surface area contributed by atoms with Crippen molar-refractivity contribution in [1.82, 2.24) is 20.0 Å². The summed E-state index contributed by atoms with van der Waals surface area (Å²) in [7, 11) is 3.76. The monoisotopic (exact) mass is 434 g/mol. The van der Waals surface area contributed by atoms with Crippen molar-refractivity contribution >= 4 is 5.91 Å². The third-order valence-electron chi connectivity index (χ3n) is 6.07. The summed E-state index contributed by atoms with van der Waals surface area (Å²) in [5.41, 5.74) is 1.01. The summed E-state index contributed by atoms with van der Waals surface area (Å²) < 4.78 is 11.3. The van der Waals surface area contributed by atoms with Crippen molar-refractivity contribution in [1.29, 1.82) is 0 Å². The molecule has 0 aromatic heterocycles. The number of benzene rings is 1. The molecule has 8 heteroatoms. The number of carbonyl (C=O) groups excluding carboxylic acids is 1. The number of amides is 1. The van der Waals surface area contributed by atoms with Gasteiger partial charge >= 0.3 is 0 Å². The van der Waals surface area contributed by atoms with Gasteiger partial charge in [-0.3, -0.25) is 9.69 Å². The number of piperidine rings is 1. The first-order chi connectivity index (χ1) is 15.0. The lowest BCUT2D eigenvalue weighted by atomic mass is 10.1. The molecule has 0 radical (unpaired) electrons. The van der Waals surface area contributed by atoms with Gasteiger partial charge in [0.1, 0.15) is 24.2 Å². The third-order valence-corrected chi connectivity index (χ3v) is 6.07. The molecule has 1 aromatic carbocycles. The number of likely N-dealkylation sites (N-methyl/N-ethyl adjacent to an activating group) is 1. The highest BCUT2D eigenvalue weighted by atomic mass is 16.5. The highest BCUT2D eigenvalue weighted by molar-refractivity contribution is 5.76. The molecule has 1 amide bonds. The number of aliphatic hydroxyl groups excluding tert-OH is 1. The Morgan fingerprint density at radius 3 is 2.71 bits per heavy atom. The standard InChI is InChI=1S/C23H38N4O4/c1-25-11-13-26(14-12-25)17-20(28)18-31-22-15-21(30-2)7-6-19(22)16-24-8-10-27-9-4-3-5-23(27)29/h6-7,15,20,24,28H,3-5,8-14,16-18H2,1-2H3. The van der Waals surface area contributed by atoms with Crippen molar-refractivity contribution in [3.05, 3.63) is 23.8 Å². The first kappa shape index (κ1) is 23.8. The molecule has 1 unspecified atom stereocenters. The van der Waals surface area contributed by atoms with E-state index in [1.807, 2.05) is 23.1 Å². The summed E-state index contributed by atoms with van der Waals surface area (Å²) in [5, 5.41) is 13.9.